The van der Waals surface area contributed by atoms with Crippen LogP contribution in [0.3, 0.4) is 0 Å². The Balaban J connectivity index is 0.000000671. The summed E-state index contributed by atoms with van der Waals surface area (Å²) in [5, 5.41) is 9.66. The van der Waals surface area contributed by atoms with Crippen LogP contribution in [0.2, 0.25) is 0 Å². The van der Waals surface area contributed by atoms with Crippen LogP contribution in [0.4, 0.5) is 0 Å². The van der Waals surface area contributed by atoms with E-state index in [2.05, 4.69) is 6.92 Å². The summed E-state index contributed by atoms with van der Waals surface area (Å²) in [4.78, 5) is 0. The Bertz CT molecular complexity index is 246. The molecule has 0 aromatic carbocycles. The average Bonchev–Trinajstić information content (AvgIpc) is 2.66. The molecule has 0 unspecified atom stereocenters. The molecule has 0 radical (unpaired) electrons. The van der Waals surface area contributed by atoms with Crippen molar-refractivity contribution in [1.82, 2.24) is 0 Å². The third-order valence-corrected chi connectivity index (χ3v) is 6.95. The number of hydrogen-bond acceptors (Lipinski definition) is 1. The molecule has 0 atom stereocenters. The first kappa shape index (κ1) is 22.0. The molecule has 0 heterocycles. The van der Waals surface area contributed by atoms with Crippen LogP contribution in [0.1, 0.15) is 112 Å². The molecule has 3 aliphatic carbocycles. The fourth-order valence-corrected chi connectivity index (χ4v) is 5.42. The quantitative estimate of drug-likeness (QED) is 0.563. The highest BCUT2D eigenvalue weighted by Gasteiger charge is 2.33. The van der Waals surface area contributed by atoms with E-state index in [-0.39, 0.29) is 6.10 Å². The van der Waals surface area contributed by atoms with Gasteiger partial charge in [-0.05, 0) is 93.8 Å². The summed E-state index contributed by atoms with van der Waals surface area (Å²) in [5.74, 6) is 5.08. The van der Waals surface area contributed by atoms with Gasteiger partial charge in [-0.15, -0.1) is 0 Å². The van der Waals surface area contributed by atoms with E-state index in [4.69, 9.17) is 0 Å². The molecule has 1 heteroatoms. The van der Waals surface area contributed by atoms with Gasteiger partial charge in [0.15, 0.2) is 0 Å². The summed E-state index contributed by atoms with van der Waals surface area (Å²) in [7, 11) is 0. The van der Waals surface area contributed by atoms with Crippen LogP contribution in [-0.4, -0.2) is 11.2 Å². The molecule has 0 aliphatic heterocycles. The van der Waals surface area contributed by atoms with Crippen molar-refractivity contribution >= 4 is 0 Å². The van der Waals surface area contributed by atoms with Crippen LogP contribution in [0.5, 0.6) is 0 Å². The normalized spacial score (nSPS) is 39.8. The maximum absolute atomic E-state index is 9.66. The summed E-state index contributed by atoms with van der Waals surface area (Å²) in [6.45, 7) is 10.4. The molecule has 1 nitrogen and oxygen atoms in total. The van der Waals surface area contributed by atoms with Gasteiger partial charge in [0.25, 0.3) is 0 Å². The lowest BCUT2D eigenvalue weighted by Crippen LogP contribution is -2.30. The van der Waals surface area contributed by atoms with Crippen LogP contribution in [-0.2, 0) is 0 Å². The first-order valence-corrected chi connectivity index (χ1v) is 11.4. The van der Waals surface area contributed by atoms with Crippen LogP contribution < -0.4 is 0 Å². The minimum absolute atomic E-state index is 0.0202. The van der Waals surface area contributed by atoms with E-state index in [1.165, 1.54) is 64.2 Å². The SMILES string of the molecule is CC.CC.CC1CCC(C2CCC(C3CCC(O)CC3)CC2)CC1. The van der Waals surface area contributed by atoms with Gasteiger partial charge in [0.1, 0.15) is 0 Å². The minimum Gasteiger partial charge on any atom is -0.393 e. The van der Waals surface area contributed by atoms with E-state index in [1.54, 1.807) is 0 Å². The second-order valence-electron chi connectivity index (χ2n) is 8.26. The van der Waals surface area contributed by atoms with E-state index >= 15 is 0 Å². The Hall–Kier alpha value is -0.0400. The fraction of sp³-hybridized carbons (Fsp3) is 1.00. The lowest BCUT2D eigenvalue weighted by molar-refractivity contribution is 0.0673. The van der Waals surface area contributed by atoms with Crippen LogP contribution in [0, 0.1) is 29.6 Å². The highest BCUT2D eigenvalue weighted by molar-refractivity contribution is 4.85. The van der Waals surface area contributed by atoms with Crippen molar-refractivity contribution in [2.75, 3.05) is 0 Å². The van der Waals surface area contributed by atoms with Crippen molar-refractivity contribution in [3.05, 3.63) is 0 Å². The average molecular weight is 339 g/mol. The first-order chi connectivity index (χ1) is 11.7. The van der Waals surface area contributed by atoms with E-state index in [0.717, 1.165) is 42.4 Å². The molecular weight excluding hydrogens is 292 g/mol. The van der Waals surface area contributed by atoms with E-state index in [0.29, 0.717) is 0 Å². The predicted octanol–water partition coefficient (Wildman–Crippen LogP) is 7.22. The molecule has 1 N–H and O–H groups in total. The van der Waals surface area contributed by atoms with E-state index in [1.807, 2.05) is 27.7 Å². The van der Waals surface area contributed by atoms with Gasteiger partial charge in [0.05, 0.1) is 6.10 Å². The Labute approximate surface area is 153 Å². The summed E-state index contributed by atoms with van der Waals surface area (Å²) < 4.78 is 0. The van der Waals surface area contributed by atoms with Crippen LogP contribution >= 0.6 is 0 Å². The lowest BCUT2D eigenvalue weighted by atomic mass is 9.66. The molecule has 0 spiro atoms. The van der Waals surface area contributed by atoms with Crippen molar-refractivity contribution in [2.24, 2.45) is 29.6 Å². The Kier molecular flexibility index (Phi) is 11.3. The Morgan fingerprint density at radius 2 is 0.708 bits per heavy atom. The molecule has 3 fully saturated rings. The van der Waals surface area contributed by atoms with Crippen molar-refractivity contribution in [3.63, 3.8) is 0 Å². The molecular formula is C23H46O. The number of rotatable bonds is 2. The van der Waals surface area contributed by atoms with E-state index in [9.17, 15) is 5.11 Å². The zero-order valence-electron chi connectivity index (χ0n) is 17.4. The van der Waals surface area contributed by atoms with Gasteiger partial charge < -0.3 is 5.11 Å². The van der Waals surface area contributed by atoms with Gasteiger partial charge in [0.2, 0.25) is 0 Å². The highest BCUT2D eigenvalue weighted by Crippen LogP contribution is 2.45. The number of aliphatic hydroxyl groups is 1. The van der Waals surface area contributed by atoms with Gasteiger partial charge in [-0.1, -0.05) is 47.5 Å². The third kappa shape index (κ3) is 6.70. The molecule has 24 heavy (non-hydrogen) atoms. The zero-order valence-corrected chi connectivity index (χ0v) is 17.4. The first-order valence-electron chi connectivity index (χ1n) is 11.4. The Morgan fingerprint density at radius 1 is 0.458 bits per heavy atom. The summed E-state index contributed by atoms with van der Waals surface area (Å²) in [6.07, 6.45) is 16.8. The van der Waals surface area contributed by atoms with Crippen LogP contribution in [0.15, 0.2) is 0 Å². The maximum Gasteiger partial charge on any atom is 0.0540 e. The molecule has 3 saturated carbocycles. The number of hydrogen-bond donors (Lipinski definition) is 1. The molecule has 0 amide bonds. The van der Waals surface area contributed by atoms with E-state index < -0.39 is 0 Å². The molecule has 144 valence electrons. The smallest absolute Gasteiger partial charge is 0.0540 e. The second-order valence-corrected chi connectivity index (χ2v) is 8.26. The predicted molar refractivity (Wildman–Crippen MR) is 107 cm³/mol. The standard InChI is InChI=1S/C19H34O.2C2H6/c1-14-2-4-15(5-3-14)16-6-8-17(9-7-16)18-10-12-19(20)13-11-18;2*1-2/h14-20H,2-13H2,1H3;2*1-2H3. The van der Waals surface area contributed by atoms with Gasteiger partial charge in [0, 0.05) is 0 Å². The van der Waals surface area contributed by atoms with Crippen LogP contribution in [0.25, 0.3) is 0 Å². The summed E-state index contributed by atoms with van der Waals surface area (Å²) in [5.41, 5.74) is 0. The van der Waals surface area contributed by atoms with Crippen molar-refractivity contribution in [2.45, 2.75) is 118 Å². The molecule has 3 rings (SSSR count). The molecule has 0 aromatic heterocycles. The van der Waals surface area contributed by atoms with Crippen molar-refractivity contribution < 1.29 is 5.11 Å². The van der Waals surface area contributed by atoms with Gasteiger partial charge >= 0.3 is 0 Å². The largest absolute Gasteiger partial charge is 0.393 e. The lowest BCUT2D eigenvalue weighted by Gasteiger charge is -2.40. The number of aliphatic hydroxyl groups excluding tert-OH is 1. The van der Waals surface area contributed by atoms with Gasteiger partial charge in [-0.25, -0.2) is 0 Å². The van der Waals surface area contributed by atoms with Gasteiger partial charge in [-0.3, -0.25) is 0 Å². The monoisotopic (exact) mass is 338 g/mol. The van der Waals surface area contributed by atoms with Crippen molar-refractivity contribution in [1.29, 1.82) is 0 Å². The third-order valence-electron chi connectivity index (χ3n) is 6.95. The fourth-order valence-electron chi connectivity index (χ4n) is 5.42. The van der Waals surface area contributed by atoms with Gasteiger partial charge in [-0.2, -0.15) is 0 Å². The maximum atomic E-state index is 9.66. The summed E-state index contributed by atoms with van der Waals surface area (Å²) >= 11 is 0. The molecule has 0 saturated heterocycles. The zero-order chi connectivity index (χ0) is 17.9. The Morgan fingerprint density at radius 3 is 1.04 bits per heavy atom. The second kappa shape index (κ2) is 12.3. The molecule has 0 bridgehead atoms. The molecule has 3 aliphatic rings. The molecule has 0 aromatic rings. The summed E-state index contributed by atoms with van der Waals surface area (Å²) in [6, 6.07) is 0. The topological polar surface area (TPSA) is 20.2 Å². The van der Waals surface area contributed by atoms with Crippen molar-refractivity contribution in [3.8, 4) is 0 Å². The highest BCUT2D eigenvalue weighted by atomic mass is 16.3. The minimum atomic E-state index is 0.0202.